The van der Waals surface area contributed by atoms with Gasteiger partial charge in [-0.15, -0.1) is 0 Å². The SMILES string of the molecule is CC1CCCN1SC1CCC2=CCC(F)CCC=C2O1. The molecule has 3 aliphatic rings. The molecular formula is C16H24FNOS. The molecule has 3 rings (SSSR count). The topological polar surface area (TPSA) is 12.5 Å². The molecule has 20 heavy (non-hydrogen) atoms. The second-order valence-corrected chi connectivity index (χ2v) is 7.24. The van der Waals surface area contributed by atoms with Gasteiger partial charge < -0.3 is 4.74 Å². The minimum absolute atomic E-state index is 0.236. The van der Waals surface area contributed by atoms with Crippen LogP contribution in [0.3, 0.4) is 0 Å². The van der Waals surface area contributed by atoms with E-state index in [1.807, 2.05) is 11.9 Å². The molecule has 0 bridgehead atoms. The number of nitrogens with zero attached hydrogens (tertiary/aromatic N) is 1. The molecule has 2 aliphatic heterocycles. The van der Waals surface area contributed by atoms with Crippen molar-refractivity contribution in [1.29, 1.82) is 0 Å². The van der Waals surface area contributed by atoms with Crippen molar-refractivity contribution in [3.05, 3.63) is 23.5 Å². The van der Waals surface area contributed by atoms with Gasteiger partial charge in [0.25, 0.3) is 0 Å². The zero-order valence-corrected chi connectivity index (χ0v) is 13.0. The van der Waals surface area contributed by atoms with Crippen LogP contribution in [-0.2, 0) is 4.74 Å². The Bertz CT molecular complexity index is 409. The molecule has 0 radical (unpaired) electrons. The molecule has 0 N–H and O–H groups in total. The number of halogens is 1. The number of alkyl halides is 1. The number of allylic oxidation sites excluding steroid dienone is 3. The number of fused-ring (bicyclic) bond motifs is 1. The van der Waals surface area contributed by atoms with Crippen molar-refractivity contribution in [2.45, 2.75) is 69.5 Å². The van der Waals surface area contributed by atoms with Crippen molar-refractivity contribution in [3.8, 4) is 0 Å². The Labute approximate surface area is 125 Å². The first kappa shape index (κ1) is 14.5. The van der Waals surface area contributed by atoms with E-state index in [9.17, 15) is 4.39 Å². The average Bonchev–Trinajstić information content (AvgIpc) is 2.81. The van der Waals surface area contributed by atoms with Crippen LogP contribution in [0.5, 0.6) is 0 Å². The van der Waals surface area contributed by atoms with E-state index < -0.39 is 6.17 Å². The van der Waals surface area contributed by atoms with Gasteiger partial charge in [-0.25, -0.2) is 8.70 Å². The van der Waals surface area contributed by atoms with Crippen LogP contribution < -0.4 is 0 Å². The highest BCUT2D eigenvalue weighted by Gasteiger charge is 2.29. The maximum absolute atomic E-state index is 13.4. The Morgan fingerprint density at radius 3 is 3.00 bits per heavy atom. The summed E-state index contributed by atoms with van der Waals surface area (Å²) in [5.41, 5.74) is 1.46. The summed E-state index contributed by atoms with van der Waals surface area (Å²) in [5, 5.41) is 0. The Morgan fingerprint density at radius 2 is 2.20 bits per heavy atom. The van der Waals surface area contributed by atoms with Crippen molar-refractivity contribution < 1.29 is 9.13 Å². The second-order valence-electron chi connectivity index (χ2n) is 6.03. The highest BCUT2D eigenvalue weighted by molar-refractivity contribution is 7.97. The molecule has 2 fully saturated rings. The fraction of sp³-hybridized carbons (Fsp3) is 0.750. The quantitative estimate of drug-likeness (QED) is 0.692. The molecule has 1 aliphatic carbocycles. The second kappa shape index (κ2) is 6.52. The molecule has 2 saturated heterocycles. The molecule has 0 saturated carbocycles. The molecule has 3 atom stereocenters. The lowest BCUT2D eigenvalue weighted by Gasteiger charge is -2.32. The Kier molecular flexibility index (Phi) is 4.72. The van der Waals surface area contributed by atoms with Crippen LogP contribution in [-0.4, -0.2) is 28.5 Å². The van der Waals surface area contributed by atoms with Gasteiger partial charge in [-0.1, -0.05) is 6.08 Å². The molecule has 4 heteroatoms. The zero-order valence-electron chi connectivity index (χ0n) is 12.2. The van der Waals surface area contributed by atoms with Crippen LogP contribution in [0.2, 0.25) is 0 Å². The van der Waals surface area contributed by atoms with E-state index in [0.717, 1.165) is 25.0 Å². The van der Waals surface area contributed by atoms with Gasteiger partial charge in [0, 0.05) is 12.6 Å². The lowest BCUT2D eigenvalue weighted by atomic mass is 9.98. The Morgan fingerprint density at radius 1 is 1.30 bits per heavy atom. The van der Waals surface area contributed by atoms with Crippen molar-refractivity contribution in [1.82, 2.24) is 4.31 Å². The third-order valence-electron chi connectivity index (χ3n) is 4.40. The summed E-state index contributed by atoms with van der Waals surface area (Å²) in [4.78, 5) is 0. The molecule has 0 amide bonds. The van der Waals surface area contributed by atoms with Crippen molar-refractivity contribution >= 4 is 11.9 Å². The fourth-order valence-electron chi connectivity index (χ4n) is 3.13. The van der Waals surface area contributed by atoms with Crippen molar-refractivity contribution in [2.75, 3.05) is 6.54 Å². The molecule has 112 valence electrons. The van der Waals surface area contributed by atoms with Crippen LogP contribution >= 0.6 is 11.9 Å². The first-order chi connectivity index (χ1) is 9.72. The summed E-state index contributed by atoms with van der Waals surface area (Å²) < 4.78 is 22.1. The minimum Gasteiger partial charge on any atom is -0.479 e. The first-order valence-corrected chi connectivity index (χ1v) is 8.70. The van der Waals surface area contributed by atoms with E-state index in [-0.39, 0.29) is 5.44 Å². The van der Waals surface area contributed by atoms with Crippen molar-refractivity contribution in [2.24, 2.45) is 0 Å². The van der Waals surface area contributed by atoms with E-state index >= 15 is 0 Å². The number of ether oxygens (including phenoxy) is 1. The third kappa shape index (κ3) is 3.40. The monoisotopic (exact) mass is 297 g/mol. The molecule has 2 heterocycles. The van der Waals surface area contributed by atoms with Gasteiger partial charge in [-0.2, -0.15) is 0 Å². The van der Waals surface area contributed by atoms with Gasteiger partial charge in [0.2, 0.25) is 0 Å². The van der Waals surface area contributed by atoms with Crippen LogP contribution in [0, 0.1) is 0 Å². The average molecular weight is 297 g/mol. The minimum atomic E-state index is -0.683. The van der Waals surface area contributed by atoms with Gasteiger partial charge in [-0.3, -0.25) is 0 Å². The molecule has 0 aromatic rings. The molecule has 3 unspecified atom stereocenters. The summed E-state index contributed by atoms with van der Waals surface area (Å²) in [6, 6.07) is 0.666. The lowest BCUT2D eigenvalue weighted by Crippen LogP contribution is -2.26. The third-order valence-corrected chi connectivity index (χ3v) is 5.78. The van der Waals surface area contributed by atoms with Gasteiger partial charge in [-0.05, 0) is 75.5 Å². The smallest absolute Gasteiger partial charge is 0.158 e. The van der Waals surface area contributed by atoms with Crippen LogP contribution in [0.15, 0.2) is 23.5 Å². The lowest BCUT2D eigenvalue weighted by molar-refractivity contribution is 0.158. The molecule has 0 aromatic carbocycles. The molecule has 2 nitrogen and oxygen atoms in total. The summed E-state index contributed by atoms with van der Waals surface area (Å²) in [5.74, 6) is 1.02. The molecular weight excluding hydrogens is 273 g/mol. The molecule has 0 aromatic heterocycles. The summed E-state index contributed by atoms with van der Waals surface area (Å²) >= 11 is 1.87. The highest BCUT2D eigenvalue weighted by atomic mass is 32.2. The van der Waals surface area contributed by atoms with E-state index in [2.05, 4.69) is 23.4 Å². The van der Waals surface area contributed by atoms with Crippen LogP contribution in [0.1, 0.15) is 51.9 Å². The van der Waals surface area contributed by atoms with E-state index in [1.54, 1.807) is 0 Å². The van der Waals surface area contributed by atoms with Crippen LogP contribution in [0.4, 0.5) is 4.39 Å². The number of rotatable bonds is 2. The van der Waals surface area contributed by atoms with Crippen LogP contribution in [0.25, 0.3) is 0 Å². The molecule has 0 spiro atoms. The fourth-order valence-corrected chi connectivity index (χ4v) is 4.35. The Hall–Kier alpha value is -0.480. The van der Waals surface area contributed by atoms with Crippen molar-refractivity contribution in [3.63, 3.8) is 0 Å². The van der Waals surface area contributed by atoms with Gasteiger partial charge in [0.05, 0.1) is 0 Å². The van der Waals surface area contributed by atoms with E-state index in [4.69, 9.17) is 4.74 Å². The van der Waals surface area contributed by atoms with Gasteiger partial charge >= 0.3 is 0 Å². The predicted octanol–water partition coefficient (Wildman–Crippen LogP) is 4.59. The standard InChI is InChI=1S/C16H24FNOS/c1-12-4-3-11-18(12)20-16-10-8-13-7-9-14(17)5-2-6-15(13)19-16/h6-7,12,14,16H,2-5,8-11H2,1H3. The maximum atomic E-state index is 13.4. The highest BCUT2D eigenvalue weighted by Crippen LogP contribution is 2.38. The summed E-state index contributed by atoms with van der Waals surface area (Å²) in [7, 11) is 0. The predicted molar refractivity (Wildman–Crippen MR) is 82.0 cm³/mol. The Balaban J connectivity index is 1.61. The summed E-state index contributed by atoms with van der Waals surface area (Å²) in [6.45, 7) is 3.47. The first-order valence-electron chi connectivity index (χ1n) is 7.86. The van der Waals surface area contributed by atoms with Gasteiger partial charge in [0.15, 0.2) is 5.44 Å². The number of hydrogen-bond donors (Lipinski definition) is 0. The van der Waals surface area contributed by atoms with Gasteiger partial charge in [0.1, 0.15) is 11.9 Å². The zero-order chi connectivity index (χ0) is 13.9. The summed E-state index contributed by atoms with van der Waals surface area (Å²) in [6.07, 6.45) is 10.1. The van der Waals surface area contributed by atoms with E-state index in [0.29, 0.717) is 18.9 Å². The maximum Gasteiger partial charge on any atom is 0.158 e. The number of hydrogen-bond acceptors (Lipinski definition) is 3. The largest absolute Gasteiger partial charge is 0.479 e. The normalized spacial score (nSPS) is 35.4. The van der Waals surface area contributed by atoms with E-state index in [1.165, 1.54) is 25.0 Å².